The minimum Gasteiger partial charge on any atom is -0.337 e. The van der Waals surface area contributed by atoms with Crippen LogP contribution in [-0.4, -0.2) is 81.0 Å². The quantitative estimate of drug-likeness (QED) is 0.101. The maximum atomic E-state index is 4.89. The van der Waals surface area contributed by atoms with Gasteiger partial charge in [-0.25, -0.2) is 29.9 Å². The summed E-state index contributed by atoms with van der Waals surface area (Å²) >= 11 is 0. The first-order valence-corrected chi connectivity index (χ1v) is 20.5. The molecule has 0 radical (unpaired) electrons. The summed E-state index contributed by atoms with van der Waals surface area (Å²) in [5.41, 5.74) is 11.6. The van der Waals surface area contributed by atoms with Crippen molar-refractivity contribution in [3.63, 3.8) is 0 Å². The zero-order valence-electron chi connectivity index (χ0n) is 35.0. The van der Waals surface area contributed by atoms with Crippen LogP contribution in [0.2, 0.25) is 0 Å². The van der Waals surface area contributed by atoms with E-state index in [9.17, 15) is 0 Å². The van der Waals surface area contributed by atoms with Crippen molar-refractivity contribution in [2.24, 2.45) is 14.1 Å². The monoisotopic (exact) mass is 825 g/mol. The lowest BCUT2D eigenvalue weighted by atomic mass is 10.2. The first kappa shape index (κ1) is 39.5. The Bertz CT molecular complexity index is 2800. The molecule has 17 nitrogen and oxygen atoms in total. The van der Waals surface area contributed by atoms with Crippen LogP contribution < -0.4 is 16.0 Å². The van der Waals surface area contributed by atoms with E-state index in [0.29, 0.717) is 0 Å². The minimum absolute atomic E-state index is 0.721. The second-order valence-corrected chi connectivity index (χ2v) is 14.9. The lowest BCUT2D eigenvalue weighted by Gasteiger charge is -2.11. The Labute approximate surface area is 357 Å². The number of unbranched alkanes of at least 4 members (excludes halogenated alkanes) is 1. The van der Waals surface area contributed by atoms with Crippen LogP contribution in [0, 0.1) is 0 Å². The molecule has 0 aliphatic carbocycles. The van der Waals surface area contributed by atoms with Gasteiger partial charge in [0.15, 0.2) is 22.9 Å². The summed E-state index contributed by atoms with van der Waals surface area (Å²) < 4.78 is 11.7. The van der Waals surface area contributed by atoms with Crippen LogP contribution in [0.3, 0.4) is 0 Å². The van der Waals surface area contributed by atoms with Gasteiger partial charge in [-0.2, -0.15) is 10.2 Å². The third-order valence-corrected chi connectivity index (χ3v) is 10.4. The Morgan fingerprint density at radius 3 is 1.47 bits per heavy atom. The third-order valence-electron chi connectivity index (χ3n) is 10.4. The number of nitrogens with zero attached hydrogens (tertiary/aromatic N) is 14. The fourth-order valence-corrected chi connectivity index (χ4v) is 7.16. The predicted octanol–water partition coefficient (Wildman–Crippen LogP) is 7.22. The summed E-state index contributed by atoms with van der Waals surface area (Å²) in [5.74, 6) is 1.47. The highest BCUT2D eigenvalue weighted by atomic mass is 15.2. The van der Waals surface area contributed by atoms with E-state index in [4.69, 9.17) is 9.97 Å². The molecular weight excluding hydrogens is 779 g/mol. The van der Waals surface area contributed by atoms with Gasteiger partial charge in [0, 0.05) is 111 Å². The summed E-state index contributed by atoms with van der Waals surface area (Å²) in [7, 11) is 5.77. The Kier molecular flexibility index (Phi) is 11.3. The molecule has 0 fully saturated rings. The van der Waals surface area contributed by atoms with E-state index < -0.39 is 0 Å². The smallest absolute Gasteiger partial charge is 0.180 e. The summed E-state index contributed by atoms with van der Waals surface area (Å²) in [6, 6.07) is 16.3. The van der Waals surface area contributed by atoms with E-state index in [-0.39, 0.29) is 0 Å². The fourth-order valence-electron chi connectivity index (χ4n) is 7.16. The fraction of sp³-hybridized carbons (Fsp3) is 0.200. The Morgan fingerprint density at radius 1 is 0.581 bits per heavy atom. The molecule has 3 N–H and O–H groups in total. The number of aromatic nitrogens is 14. The molecule has 0 saturated carbocycles. The molecule has 8 aromatic heterocycles. The maximum absolute atomic E-state index is 4.89. The van der Waals surface area contributed by atoms with Gasteiger partial charge >= 0.3 is 0 Å². The number of rotatable bonds is 14. The standard InChI is InChI=1S/C23H24N8.C22H23N9/c1-3-4-5-19-15-31-21(17-12-26-29(2)14-17)13-25-23(31)22(28-19)27-18-6-8-20(9-7-18)30-11-10-24-16-30;1-23-8-7-18-14-31-20(16-11-26-29(2)13-16)12-25-22(31)21(28-18)27-17-3-5-19(6-4-17)30-10-9-24-15-30/h6-16H,3-5H2,1-2H3,(H,27,28);3-6,9-15,23H,7-8H2,1-2H3,(H,27,28). The van der Waals surface area contributed by atoms with Crippen molar-refractivity contribution < 1.29 is 0 Å². The van der Waals surface area contributed by atoms with Gasteiger partial charge in [-0.3, -0.25) is 18.2 Å². The van der Waals surface area contributed by atoms with Gasteiger partial charge in [-0.1, -0.05) is 13.3 Å². The lowest BCUT2D eigenvalue weighted by Crippen LogP contribution is -2.12. The molecule has 312 valence electrons. The van der Waals surface area contributed by atoms with E-state index >= 15 is 0 Å². The molecule has 0 atom stereocenters. The topological polar surface area (TPSA) is 168 Å². The van der Waals surface area contributed by atoms with Gasteiger partial charge in [0.1, 0.15) is 0 Å². The first-order chi connectivity index (χ1) is 30.4. The molecule has 0 aliphatic rings. The molecule has 17 heteroatoms. The first-order valence-electron chi connectivity index (χ1n) is 20.5. The van der Waals surface area contributed by atoms with E-state index in [2.05, 4.69) is 86.3 Å². The Hall–Kier alpha value is -7.92. The van der Waals surface area contributed by atoms with Crippen molar-refractivity contribution in [3.05, 3.63) is 147 Å². The van der Waals surface area contributed by atoms with Crippen molar-refractivity contribution in [3.8, 4) is 33.9 Å². The van der Waals surface area contributed by atoms with Crippen LogP contribution >= 0.6 is 0 Å². The normalized spacial score (nSPS) is 11.3. The second kappa shape index (κ2) is 17.7. The highest BCUT2D eigenvalue weighted by molar-refractivity contribution is 5.76. The number of hydrogen-bond donors (Lipinski definition) is 3. The number of likely N-dealkylation sites (N-methyl/N-ethyl adjacent to an activating group) is 1. The number of anilines is 4. The van der Waals surface area contributed by atoms with Crippen molar-refractivity contribution in [1.82, 2.24) is 72.7 Å². The van der Waals surface area contributed by atoms with Crippen LogP contribution in [0.1, 0.15) is 31.2 Å². The molecule has 2 aromatic carbocycles. The zero-order chi connectivity index (χ0) is 42.4. The highest BCUT2D eigenvalue weighted by Crippen LogP contribution is 2.29. The number of hydrogen-bond acceptors (Lipinski definition) is 11. The Morgan fingerprint density at radius 2 is 1.06 bits per heavy atom. The van der Waals surface area contributed by atoms with Crippen molar-refractivity contribution in [1.29, 1.82) is 0 Å². The van der Waals surface area contributed by atoms with Gasteiger partial charge in [0.25, 0.3) is 0 Å². The maximum Gasteiger partial charge on any atom is 0.180 e. The van der Waals surface area contributed by atoms with Gasteiger partial charge in [0.2, 0.25) is 0 Å². The third kappa shape index (κ3) is 8.55. The second-order valence-electron chi connectivity index (χ2n) is 14.9. The molecule has 0 saturated heterocycles. The molecule has 62 heavy (non-hydrogen) atoms. The van der Waals surface area contributed by atoms with E-state index in [0.717, 1.165) is 112 Å². The van der Waals surface area contributed by atoms with E-state index in [1.54, 1.807) is 34.4 Å². The molecule has 0 spiro atoms. The van der Waals surface area contributed by atoms with Crippen LogP contribution in [0.25, 0.3) is 45.2 Å². The number of benzene rings is 2. The molecule has 0 bridgehead atoms. The van der Waals surface area contributed by atoms with Gasteiger partial charge in [0.05, 0.1) is 60.2 Å². The summed E-state index contributed by atoms with van der Waals surface area (Å²) in [6.07, 6.45) is 30.5. The van der Waals surface area contributed by atoms with Crippen molar-refractivity contribution in [2.75, 3.05) is 24.2 Å². The van der Waals surface area contributed by atoms with Crippen LogP contribution in [0.4, 0.5) is 23.0 Å². The number of aryl methyl sites for hydroxylation is 3. The largest absolute Gasteiger partial charge is 0.337 e. The van der Waals surface area contributed by atoms with Crippen LogP contribution in [-0.2, 0) is 26.9 Å². The summed E-state index contributed by atoms with van der Waals surface area (Å²) in [6.45, 7) is 3.03. The zero-order valence-corrected chi connectivity index (χ0v) is 35.0. The van der Waals surface area contributed by atoms with Crippen LogP contribution in [0.5, 0.6) is 0 Å². The molecule has 0 aliphatic heterocycles. The van der Waals surface area contributed by atoms with Crippen LogP contribution in [0.15, 0.2) is 136 Å². The predicted molar refractivity (Wildman–Crippen MR) is 240 cm³/mol. The van der Waals surface area contributed by atoms with Gasteiger partial charge in [-0.05, 0) is 68.4 Å². The highest BCUT2D eigenvalue weighted by Gasteiger charge is 2.16. The molecule has 8 heterocycles. The van der Waals surface area contributed by atoms with Crippen molar-refractivity contribution in [2.45, 2.75) is 32.6 Å². The average Bonchev–Trinajstić information content (AvgIpc) is 4.15. The average molecular weight is 826 g/mol. The molecule has 0 amide bonds. The molecule has 10 aromatic rings. The molecular formula is C45H47N17. The number of fused-ring (bicyclic) bond motifs is 2. The Balaban J connectivity index is 0.000000158. The summed E-state index contributed by atoms with van der Waals surface area (Å²) in [4.78, 5) is 27.3. The number of nitrogens with one attached hydrogen (secondary N) is 3. The molecule has 0 unspecified atom stereocenters. The summed E-state index contributed by atoms with van der Waals surface area (Å²) in [5, 5.41) is 18.7. The molecule has 10 rings (SSSR count). The lowest BCUT2D eigenvalue weighted by molar-refractivity contribution is 0.767. The van der Waals surface area contributed by atoms with E-state index in [1.165, 1.54) is 0 Å². The van der Waals surface area contributed by atoms with Gasteiger partial charge in [-0.15, -0.1) is 0 Å². The van der Waals surface area contributed by atoms with E-state index in [1.807, 2.05) is 116 Å². The van der Waals surface area contributed by atoms with Gasteiger partial charge < -0.3 is 25.1 Å². The minimum atomic E-state index is 0.721. The number of imidazole rings is 4. The SMILES string of the molecule is CCCCc1cn2c(-c3cnn(C)c3)cnc2c(Nc2ccc(-n3ccnc3)cc2)n1.CNCCc1cn2c(-c3cnn(C)c3)cnc2c(Nc2ccc(-n3ccnc3)cc2)n1. The van der Waals surface area contributed by atoms with Crippen molar-refractivity contribution >= 4 is 34.3 Å².